The van der Waals surface area contributed by atoms with Crippen LogP contribution in [0.3, 0.4) is 0 Å². The molecule has 1 aromatic carbocycles. The summed E-state index contributed by atoms with van der Waals surface area (Å²) in [4.78, 5) is 27.0. The van der Waals surface area contributed by atoms with Crippen molar-refractivity contribution in [2.45, 2.75) is 12.1 Å². The van der Waals surface area contributed by atoms with E-state index in [4.69, 9.17) is 11.6 Å². The van der Waals surface area contributed by atoms with Crippen LogP contribution in [-0.2, 0) is 4.79 Å². The number of rotatable bonds is 5. The van der Waals surface area contributed by atoms with Gasteiger partial charge in [-0.1, -0.05) is 23.4 Å². The average molecular weight is 340 g/mol. The van der Waals surface area contributed by atoms with Crippen molar-refractivity contribution in [1.29, 1.82) is 0 Å². The first kappa shape index (κ1) is 16.3. The van der Waals surface area contributed by atoms with Gasteiger partial charge in [0, 0.05) is 17.1 Å². The van der Waals surface area contributed by atoms with Crippen molar-refractivity contribution in [1.82, 2.24) is 25.8 Å². The van der Waals surface area contributed by atoms with E-state index >= 15 is 0 Å². The van der Waals surface area contributed by atoms with Gasteiger partial charge in [0.05, 0.1) is 5.75 Å². The normalized spacial score (nSPS) is 10.3. The van der Waals surface area contributed by atoms with Gasteiger partial charge in [-0.3, -0.25) is 15.2 Å². The zero-order valence-electron chi connectivity index (χ0n) is 11.7. The first-order valence-corrected chi connectivity index (χ1v) is 7.83. The number of imide groups is 1. The number of H-pyrrole nitrogens is 1. The second-order valence-electron chi connectivity index (χ2n) is 4.17. The predicted octanol–water partition coefficient (Wildman–Crippen LogP) is 2.06. The molecule has 0 spiro atoms. The quantitative estimate of drug-likeness (QED) is 0.724. The predicted molar refractivity (Wildman–Crippen MR) is 84.8 cm³/mol. The molecular weight excluding hydrogens is 326 g/mol. The maximum absolute atomic E-state index is 11.5. The minimum Gasteiger partial charge on any atom is -0.338 e. The molecule has 116 valence electrons. The molecule has 22 heavy (non-hydrogen) atoms. The molecule has 1 heterocycles. The number of benzene rings is 1. The lowest BCUT2D eigenvalue weighted by atomic mass is 10.2. The summed E-state index contributed by atoms with van der Waals surface area (Å²) in [6.45, 7) is 2.22. The topological polar surface area (TPSA) is 99.8 Å². The lowest BCUT2D eigenvalue weighted by Gasteiger charge is -2.02. The third-order valence-corrected chi connectivity index (χ3v) is 3.60. The highest BCUT2D eigenvalue weighted by Gasteiger charge is 2.10. The summed E-state index contributed by atoms with van der Waals surface area (Å²) in [7, 11) is 0. The van der Waals surface area contributed by atoms with Gasteiger partial charge in [0.2, 0.25) is 11.1 Å². The Morgan fingerprint density at radius 2 is 2.05 bits per heavy atom. The average Bonchev–Trinajstić information content (AvgIpc) is 2.95. The maximum Gasteiger partial charge on any atom is 0.321 e. The highest BCUT2D eigenvalue weighted by molar-refractivity contribution is 7.99. The van der Waals surface area contributed by atoms with Gasteiger partial charge < -0.3 is 5.32 Å². The molecule has 0 bridgehead atoms. The van der Waals surface area contributed by atoms with E-state index in [-0.39, 0.29) is 5.75 Å². The summed E-state index contributed by atoms with van der Waals surface area (Å²) >= 11 is 6.96. The molecule has 0 atom stereocenters. The molecule has 0 saturated heterocycles. The third kappa shape index (κ3) is 4.74. The number of hydrogen-bond donors (Lipinski definition) is 3. The molecule has 0 saturated carbocycles. The minimum absolute atomic E-state index is 0.0506. The number of aromatic amines is 1. The molecule has 0 aliphatic carbocycles. The van der Waals surface area contributed by atoms with Crippen LogP contribution >= 0.6 is 23.4 Å². The van der Waals surface area contributed by atoms with Crippen molar-refractivity contribution in [3.05, 3.63) is 29.3 Å². The van der Waals surface area contributed by atoms with E-state index in [9.17, 15) is 9.59 Å². The van der Waals surface area contributed by atoms with Crippen molar-refractivity contribution in [3.63, 3.8) is 0 Å². The van der Waals surface area contributed by atoms with E-state index in [2.05, 4.69) is 25.8 Å². The number of nitrogens with zero attached hydrogens (tertiary/aromatic N) is 2. The first-order valence-electron chi connectivity index (χ1n) is 6.47. The molecule has 0 radical (unpaired) electrons. The van der Waals surface area contributed by atoms with Crippen LogP contribution in [0, 0.1) is 0 Å². The Labute approximate surface area is 136 Å². The molecule has 3 N–H and O–H groups in total. The fourth-order valence-electron chi connectivity index (χ4n) is 1.55. The molecule has 0 aliphatic rings. The van der Waals surface area contributed by atoms with Gasteiger partial charge in [-0.25, -0.2) is 9.78 Å². The van der Waals surface area contributed by atoms with Gasteiger partial charge in [-0.05, 0) is 31.2 Å². The smallest absolute Gasteiger partial charge is 0.321 e. The van der Waals surface area contributed by atoms with E-state index < -0.39 is 11.9 Å². The van der Waals surface area contributed by atoms with Crippen molar-refractivity contribution >= 4 is 35.3 Å². The molecule has 3 amide bonds. The Bertz CT molecular complexity index is 659. The van der Waals surface area contributed by atoms with Crippen molar-refractivity contribution in [2.75, 3.05) is 12.3 Å². The number of hydrogen-bond acceptors (Lipinski definition) is 5. The van der Waals surface area contributed by atoms with Gasteiger partial charge in [-0.15, -0.1) is 5.10 Å². The van der Waals surface area contributed by atoms with Crippen LogP contribution in [0.15, 0.2) is 29.4 Å². The molecule has 0 unspecified atom stereocenters. The van der Waals surface area contributed by atoms with Gasteiger partial charge in [0.1, 0.15) is 0 Å². The van der Waals surface area contributed by atoms with Crippen LogP contribution in [-0.4, -0.2) is 39.4 Å². The fraction of sp³-hybridized carbons (Fsp3) is 0.231. The van der Waals surface area contributed by atoms with Gasteiger partial charge in [-0.2, -0.15) is 0 Å². The number of urea groups is 1. The Morgan fingerprint density at radius 3 is 2.73 bits per heavy atom. The number of aromatic nitrogens is 3. The Hall–Kier alpha value is -2.06. The van der Waals surface area contributed by atoms with Crippen molar-refractivity contribution in [3.8, 4) is 11.4 Å². The summed E-state index contributed by atoms with van der Waals surface area (Å²) in [5.41, 5.74) is 0.843. The number of halogens is 1. The van der Waals surface area contributed by atoms with Gasteiger partial charge >= 0.3 is 6.03 Å². The zero-order chi connectivity index (χ0) is 15.9. The van der Waals surface area contributed by atoms with E-state index in [1.54, 1.807) is 19.1 Å². The van der Waals surface area contributed by atoms with E-state index in [1.807, 2.05) is 12.1 Å². The summed E-state index contributed by atoms with van der Waals surface area (Å²) in [5.74, 6) is 0.229. The van der Waals surface area contributed by atoms with Gasteiger partial charge in [0.25, 0.3) is 0 Å². The molecular formula is C13H14ClN5O2S. The molecule has 1 aromatic heterocycles. The molecule has 0 fully saturated rings. The van der Waals surface area contributed by atoms with Crippen LogP contribution < -0.4 is 10.6 Å². The Kier molecular flexibility index (Phi) is 5.79. The number of nitrogens with one attached hydrogen (secondary N) is 3. The lowest BCUT2D eigenvalue weighted by Crippen LogP contribution is -2.40. The lowest BCUT2D eigenvalue weighted by molar-refractivity contribution is -0.117. The second kappa shape index (κ2) is 7.81. The van der Waals surface area contributed by atoms with Crippen LogP contribution in [0.25, 0.3) is 11.4 Å². The van der Waals surface area contributed by atoms with E-state index in [1.165, 1.54) is 0 Å². The fourth-order valence-corrected chi connectivity index (χ4v) is 2.27. The van der Waals surface area contributed by atoms with Crippen LogP contribution in [0.2, 0.25) is 5.02 Å². The number of carbonyl (C=O) groups excluding carboxylic acids is 2. The summed E-state index contributed by atoms with van der Waals surface area (Å²) in [6.07, 6.45) is 0. The monoisotopic (exact) mass is 339 g/mol. The Balaban J connectivity index is 1.88. The van der Waals surface area contributed by atoms with E-state index in [0.29, 0.717) is 22.5 Å². The third-order valence-electron chi connectivity index (χ3n) is 2.51. The highest BCUT2D eigenvalue weighted by Crippen LogP contribution is 2.20. The summed E-state index contributed by atoms with van der Waals surface area (Å²) in [6, 6.07) is 6.64. The summed E-state index contributed by atoms with van der Waals surface area (Å²) in [5, 5.41) is 12.6. The SMILES string of the molecule is CCNC(=O)NC(=O)CSc1n[nH]c(-c2ccc(Cl)cc2)n1. The van der Waals surface area contributed by atoms with Crippen molar-refractivity contribution in [2.24, 2.45) is 0 Å². The first-order chi connectivity index (χ1) is 10.6. The highest BCUT2D eigenvalue weighted by atomic mass is 35.5. The van der Waals surface area contributed by atoms with E-state index in [0.717, 1.165) is 17.3 Å². The Morgan fingerprint density at radius 1 is 1.32 bits per heavy atom. The zero-order valence-corrected chi connectivity index (χ0v) is 13.3. The molecule has 0 aliphatic heterocycles. The number of thioether (sulfide) groups is 1. The molecule has 9 heteroatoms. The number of carbonyl (C=O) groups is 2. The number of amides is 3. The minimum atomic E-state index is -0.509. The summed E-state index contributed by atoms with van der Waals surface area (Å²) < 4.78 is 0. The van der Waals surface area contributed by atoms with Crippen molar-refractivity contribution < 1.29 is 9.59 Å². The van der Waals surface area contributed by atoms with Crippen LogP contribution in [0.5, 0.6) is 0 Å². The molecule has 2 aromatic rings. The standard InChI is InChI=1S/C13H14ClN5O2S/c1-2-15-12(21)16-10(20)7-22-13-17-11(18-19-13)8-3-5-9(14)6-4-8/h3-6H,2,7H2,1H3,(H,17,18,19)(H2,15,16,20,21). The maximum atomic E-state index is 11.5. The molecule has 7 nitrogen and oxygen atoms in total. The molecule has 2 rings (SSSR count). The van der Waals surface area contributed by atoms with Crippen LogP contribution in [0.4, 0.5) is 4.79 Å². The van der Waals surface area contributed by atoms with Crippen LogP contribution in [0.1, 0.15) is 6.92 Å². The van der Waals surface area contributed by atoms with Gasteiger partial charge in [0.15, 0.2) is 5.82 Å². The largest absolute Gasteiger partial charge is 0.338 e. The second-order valence-corrected chi connectivity index (χ2v) is 5.55.